The molecule has 0 aromatic carbocycles. The van der Waals surface area contributed by atoms with Crippen LogP contribution in [-0.2, 0) is 0 Å². The summed E-state index contributed by atoms with van der Waals surface area (Å²) in [6, 6.07) is 0. The number of hydrogen-bond donors (Lipinski definition) is 2. The van der Waals surface area contributed by atoms with Gasteiger partial charge in [0.1, 0.15) is 6.33 Å². The van der Waals surface area contributed by atoms with Crippen LogP contribution in [0.4, 0.5) is 11.5 Å². The lowest BCUT2D eigenvalue weighted by Crippen LogP contribution is -2.38. The number of aliphatic hydroxyl groups excluding tert-OH is 1. The van der Waals surface area contributed by atoms with Gasteiger partial charge in [0.2, 0.25) is 5.82 Å². The van der Waals surface area contributed by atoms with Crippen LogP contribution in [0.5, 0.6) is 5.88 Å². The molecule has 0 spiro atoms. The lowest BCUT2D eigenvalue weighted by atomic mass is 10.0. The number of hydrogen-bond acceptors (Lipinski definition) is 7. The van der Waals surface area contributed by atoms with Crippen LogP contribution >= 0.6 is 0 Å². The first-order valence-electron chi connectivity index (χ1n) is 5.40. The second-order valence-electron chi connectivity index (χ2n) is 4.03. The number of aliphatic hydroxyl groups is 1. The van der Waals surface area contributed by atoms with Gasteiger partial charge in [-0.3, -0.25) is 10.1 Å². The van der Waals surface area contributed by atoms with E-state index >= 15 is 0 Å². The largest absolute Gasteiger partial charge is 0.476 e. The average molecular weight is 256 g/mol. The third-order valence-corrected chi connectivity index (χ3v) is 2.71. The maximum absolute atomic E-state index is 11.0. The second-order valence-corrected chi connectivity index (χ2v) is 4.03. The van der Waals surface area contributed by atoms with E-state index in [0.29, 0.717) is 6.42 Å². The average Bonchev–Trinajstić information content (AvgIpc) is 2.37. The fraction of sp³-hybridized carbons (Fsp3) is 0.600. The van der Waals surface area contributed by atoms with E-state index in [1.54, 1.807) is 6.92 Å². The molecular formula is C10H16N4O4. The summed E-state index contributed by atoms with van der Waals surface area (Å²) in [5.41, 5.74) is -1.03. The Hall–Kier alpha value is -1.96. The Bertz CT molecular complexity index is 434. The first-order valence-corrected chi connectivity index (χ1v) is 5.40. The molecule has 1 unspecified atom stereocenters. The lowest BCUT2D eigenvalue weighted by Gasteiger charge is -2.27. The summed E-state index contributed by atoms with van der Waals surface area (Å²) in [7, 11) is 1.30. The Morgan fingerprint density at radius 2 is 2.28 bits per heavy atom. The molecule has 0 aliphatic heterocycles. The highest BCUT2D eigenvalue weighted by atomic mass is 16.6. The highest BCUT2D eigenvalue weighted by Gasteiger charge is 2.29. The molecule has 1 rings (SSSR count). The zero-order chi connectivity index (χ0) is 13.8. The summed E-state index contributed by atoms with van der Waals surface area (Å²) in [5.74, 6) is -0.0841. The molecule has 1 aromatic heterocycles. The van der Waals surface area contributed by atoms with Gasteiger partial charge >= 0.3 is 5.69 Å². The van der Waals surface area contributed by atoms with Crippen LogP contribution in [0.3, 0.4) is 0 Å². The molecule has 0 bridgehead atoms. The number of anilines is 1. The van der Waals surface area contributed by atoms with E-state index in [0.717, 1.165) is 0 Å². The Labute approximate surface area is 104 Å². The van der Waals surface area contributed by atoms with Crippen LogP contribution in [0.25, 0.3) is 0 Å². The first kappa shape index (κ1) is 14.1. The van der Waals surface area contributed by atoms with E-state index < -0.39 is 10.5 Å². The van der Waals surface area contributed by atoms with Crippen molar-refractivity contribution in [2.24, 2.45) is 0 Å². The predicted octanol–water partition coefficient (Wildman–Crippen LogP) is 0.966. The summed E-state index contributed by atoms with van der Waals surface area (Å²) in [6.07, 6.45) is 1.74. The minimum absolute atomic E-state index is 0.0326. The monoisotopic (exact) mass is 256 g/mol. The molecule has 1 heterocycles. The highest BCUT2D eigenvalue weighted by Crippen LogP contribution is 2.32. The quantitative estimate of drug-likeness (QED) is 0.576. The normalized spacial score (nSPS) is 13.8. The van der Waals surface area contributed by atoms with Gasteiger partial charge in [0.05, 0.1) is 24.2 Å². The molecule has 0 saturated carbocycles. The third-order valence-electron chi connectivity index (χ3n) is 2.71. The molecule has 0 radical (unpaired) electrons. The number of rotatable bonds is 6. The number of aromatic nitrogens is 2. The predicted molar refractivity (Wildman–Crippen MR) is 64.6 cm³/mol. The Morgan fingerprint density at radius 1 is 1.61 bits per heavy atom. The lowest BCUT2D eigenvalue weighted by molar-refractivity contribution is -0.385. The van der Waals surface area contributed by atoms with Crippen LogP contribution in [0.15, 0.2) is 6.33 Å². The third kappa shape index (κ3) is 2.83. The zero-order valence-corrected chi connectivity index (χ0v) is 10.5. The fourth-order valence-electron chi connectivity index (χ4n) is 1.29. The second kappa shape index (κ2) is 5.58. The minimum atomic E-state index is -0.690. The molecule has 0 saturated heterocycles. The van der Waals surface area contributed by atoms with Gasteiger partial charge < -0.3 is 15.2 Å². The van der Waals surface area contributed by atoms with E-state index in [4.69, 9.17) is 4.74 Å². The summed E-state index contributed by atoms with van der Waals surface area (Å²) in [6.45, 7) is 3.42. The highest BCUT2D eigenvalue weighted by molar-refractivity contribution is 5.62. The molecule has 8 heteroatoms. The Kier molecular flexibility index (Phi) is 4.38. The standard InChI is InChI=1S/C10H16N4O4/c1-4-10(2,5-15)13-8-7(14(16)17)9(18-3)12-6-11-8/h6,15H,4-5H2,1-3H3,(H,11,12,13). The van der Waals surface area contributed by atoms with Crippen LogP contribution in [0.2, 0.25) is 0 Å². The maximum atomic E-state index is 11.0. The molecule has 0 amide bonds. The smallest absolute Gasteiger partial charge is 0.372 e. The number of nitrogens with zero attached hydrogens (tertiary/aromatic N) is 3. The van der Waals surface area contributed by atoms with Crippen LogP contribution in [-0.4, -0.2) is 39.3 Å². The first-order chi connectivity index (χ1) is 8.47. The Balaban J connectivity index is 3.20. The number of ether oxygens (including phenoxy) is 1. The van der Waals surface area contributed by atoms with Crippen LogP contribution in [0.1, 0.15) is 20.3 Å². The van der Waals surface area contributed by atoms with Gasteiger partial charge in [-0.2, -0.15) is 4.98 Å². The van der Waals surface area contributed by atoms with Crippen molar-refractivity contribution < 1.29 is 14.8 Å². The van der Waals surface area contributed by atoms with Gasteiger partial charge in [0.15, 0.2) is 0 Å². The van der Waals surface area contributed by atoms with Gasteiger partial charge in [-0.1, -0.05) is 6.92 Å². The van der Waals surface area contributed by atoms with Crippen molar-refractivity contribution in [2.75, 3.05) is 19.0 Å². The molecular weight excluding hydrogens is 240 g/mol. The molecule has 8 nitrogen and oxygen atoms in total. The van der Waals surface area contributed by atoms with E-state index in [-0.39, 0.29) is 24.0 Å². The summed E-state index contributed by atoms with van der Waals surface area (Å²) < 4.78 is 4.83. The molecule has 18 heavy (non-hydrogen) atoms. The van der Waals surface area contributed by atoms with E-state index in [9.17, 15) is 15.2 Å². The SMILES string of the molecule is CCC(C)(CO)Nc1ncnc(OC)c1[N+](=O)[O-]. The van der Waals surface area contributed by atoms with Crippen molar-refractivity contribution in [1.29, 1.82) is 0 Å². The van der Waals surface area contributed by atoms with Crippen molar-refractivity contribution >= 4 is 11.5 Å². The van der Waals surface area contributed by atoms with Gasteiger partial charge in [0, 0.05) is 0 Å². The summed E-state index contributed by atoms with van der Waals surface area (Å²) in [5, 5.41) is 23.2. The van der Waals surface area contributed by atoms with Crippen molar-refractivity contribution in [1.82, 2.24) is 9.97 Å². The van der Waals surface area contributed by atoms with E-state index in [1.165, 1.54) is 13.4 Å². The fourth-order valence-corrected chi connectivity index (χ4v) is 1.29. The van der Waals surface area contributed by atoms with Crippen LogP contribution in [0, 0.1) is 10.1 Å². The zero-order valence-electron chi connectivity index (χ0n) is 10.5. The summed E-state index contributed by atoms with van der Waals surface area (Å²) >= 11 is 0. The minimum Gasteiger partial charge on any atom is -0.476 e. The molecule has 1 atom stereocenters. The topological polar surface area (TPSA) is 110 Å². The molecule has 1 aromatic rings. The molecule has 0 fully saturated rings. The van der Waals surface area contributed by atoms with E-state index in [2.05, 4.69) is 15.3 Å². The van der Waals surface area contributed by atoms with E-state index in [1.807, 2.05) is 6.92 Å². The van der Waals surface area contributed by atoms with Crippen molar-refractivity contribution in [3.63, 3.8) is 0 Å². The van der Waals surface area contributed by atoms with Gasteiger partial charge in [-0.15, -0.1) is 0 Å². The molecule has 0 aliphatic rings. The van der Waals surface area contributed by atoms with Crippen molar-refractivity contribution in [3.05, 3.63) is 16.4 Å². The number of methoxy groups -OCH3 is 1. The summed E-state index contributed by atoms with van der Waals surface area (Å²) in [4.78, 5) is 17.9. The maximum Gasteiger partial charge on any atom is 0.372 e. The molecule has 0 aliphatic carbocycles. The number of nitro groups is 1. The van der Waals surface area contributed by atoms with Crippen molar-refractivity contribution in [3.8, 4) is 5.88 Å². The van der Waals surface area contributed by atoms with Crippen LogP contribution < -0.4 is 10.1 Å². The molecule has 2 N–H and O–H groups in total. The van der Waals surface area contributed by atoms with Gasteiger partial charge in [-0.05, 0) is 13.3 Å². The van der Waals surface area contributed by atoms with Gasteiger partial charge in [0.25, 0.3) is 5.88 Å². The van der Waals surface area contributed by atoms with Gasteiger partial charge in [-0.25, -0.2) is 4.98 Å². The number of nitrogens with one attached hydrogen (secondary N) is 1. The molecule has 100 valence electrons. The van der Waals surface area contributed by atoms with Crippen molar-refractivity contribution in [2.45, 2.75) is 25.8 Å². The Morgan fingerprint density at radius 3 is 2.72 bits per heavy atom.